The summed E-state index contributed by atoms with van der Waals surface area (Å²) in [5.41, 5.74) is 1.42. The van der Waals surface area contributed by atoms with Gasteiger partial charge in [0.05, 0.1) is 5.69 Å². The highest BCUT2D eigenvalue weighted by atomic mass is 79.9. The third kappa shape index (κ3) is 2.32. The van der Waals surface area contributed by atoms with Crippen LogP contribution in [0.1, 0.15) is 12.5 Å². The minimum absolute atomic E-state index is 0.124. The summed E-state index contributed by atoms with van der Waals surface area (Å²) in [5.74, 6) is -1.94. The molecule has 0 spiro atoms. The fourth-order valence-electron chi connectivity index (χ4n) is 2.78. The standard InChI is InChI=1S/C15H12BrF2NO2S/c1-9-6-10-4-2-3-5-14(10)19(9)22(20,21)15-12(16)7-11(17)8-13(15)18/h2-5,7-9H,6H2,1H3/t9-/m1/s1. The van der Waals surface area contributed by atoms with Crippen LogP contribution < -0.4 is 4.31 Å². The predicted octanol–water partition coefficient (Wildman–Crippen LogP) is 3.87. The summed E-state index contributed by atoms with van der Waals surface area (Å²) in [5, 5.41) is 0. The number of hydrogen-bond donors (Lipinski definition) is 0. The first-order chi connectivity index (χ1) is 10.3. The lowest BCUT2D eigenvalue weighted by Crippen LogP contribution is -2.36. The van der Waals surface area contributed by atoms with Crippen LogP contribution in [0.5, 0.6) is 0 Å². The van der Waals surface area contributed by atoms with Crippen molar-refractivity contribution in [3.05, 3.63) is 58.1 Å². The molecule has 0 amide bonds. The number of sulfonamides is 1. The molecule has 2 aromatic carbocycles. The predicted molar refractivity (Wildman–Crippen MR) is 83.3 cm³/mol. The number of para-hydroxylation sites is 1. The molecule has 0 aliphatic carbocycles. The summed E-state index contributed by atoms with van der Waals surface area (Å²) in [4.78, 5) is -0.544. The fourth-order valence-corrected chi connectivity index (χ4v) is 5.59. The molecule has 2 aromatic rings. The molecule has 0 bridgehead atoms. The van der Waals surface area contributed by atoms with E-state index in [1.165, 1.54) is 4.31 Å². The third-order valence-corrected chi connectivity index (χ3v) is 6.52. The van der Waals surface area contributed by atoms with Crippen LogP contribution in [0.2, 0.25) is 0 Å². The van der Waals surface area contributed by atoms with E-state index in [1.54, 1.807) is 19.1 Å². The van der Waals surface area contributed by atoms with Crippen molar-refractivity contribution in [2.45, 2.75) is 24.3 Å². The van der Waals surface area contributed by atoms with Crippen LogP contribution in [0.3, 0.4) is 0 Å². The van der Waals surface area contributed by atoms with Crippen LogP contribution in [0.25, 0.3) is 0 Å². The molecule has 0 N–H and O–H groups in total. The van der Waals surface area contributed by atoms with E-state index >= 15 is 0 Å². The van der Waals surface area contributed by atoms with E-state index in [0.717, 1.165) is 11.6 Å². The van der Waals surface area contributed by atoms with E-state index in [4.69, 9.17) is 0 Å². The van der Waals surface area contributed by atoms with Crippen LogP contribution in [-0.2, 0) is 16.4 Å². The van der Waals surface area contributed by atoms with Gasteiger partial charge in [0.25, 0.3) is 10.0 Å². The van der Waals surface area contributed by atoms with Crippen LogP contribution in [0.15, 0.2) is 45.8 Å². The van der Waals surface area contributed by atoms with Gasteiger partial charge in [0.2, 0.25) is 0 Å². The SMILES string of the molecule is C[C@@H]1Cc2ccccc2N1S(=O)(=O)c1c(F)cc(F)cc1Br. The van der Waals surface area contributed by atoms with Crippen molar-refractivity contribution in [1.29, 1.82) is 0 Å². The average molecular weight is 388 g/mol. The van der Waals surface area contributed by atoms with Gasteiger partial charge in [-0.25, -0.2) is 17.2 Å². The van der Waals surface area contributed by atoms with Gasteiger partial charge in [0.15, 0.2) is 0 Å². The second kappa shape index (κ2) is 5.31. The van der Waals surface area contributed by atoms with E-state index in [1.807, 2.05) is 12.1 Å². The zero-order valence-electron chi connectivity index (χ0n) is 11.6. The van der Waals surface area contributed by atoms with Crippen LogP contribution in [0, 0.1) is 11.6 Å². The maximum absolute atomic E-state index is 14.1. The van der Waals surface area contributed by atoms with E-state index in [-0.39, 0.29) is 10.5 Å². The van der Waals surface area contributed by atoms with Crippen molar-refractivity contribution in [1.82, 2.24) is 0 Å². The number of halogens is 3. The second-order valence-electron chi connectivity index (χ2n) is 5.18. The van der Waals surface area contributed by atoms with Gasteiger partial charge in [-0.3, -0.25) is 4.31 Å². The third-order valence-electron chi connectivity index (χ3n) is 3.62. The molecule has 7 heteroatoms. The first-order valence-corrected chi connectivity index (χ1v) is 8.82. The lowest BCUT2D eigenvalue weighted by molar-refractivity contribution is 0.542. The van der Waals surface area contributed by atoms with E-state index in [2.05, 4.69) is 15.9 Å². The van der Waals surface area contributed by atoms with Gasteiger partial charge in [-0.15, -0.1) is 0 Å². The first kappa shape index (κ1) is 15.4. The maximum atomic E-state index is 14.1. The highest BCUT2D eigenvalue weighted by molar-refractivity contribution is 9.10. The van der Waals surface area contributed by atoms with Crippen molar-refractivity contribution in [3.63, 3.8) is 0 Å². The Morgan fingerprint density at radius 1 is 1.23 bits per heavy atom. The Kier molecular flexibility index (Phi) is 3.72. The molecule has 1 heterocycles. The van der Waals surface area contributed by atoms with Gasteiger partial charge >= 0.3 is 0 Å². The molecule has 0 fully saturated rings. The number of fused-ring (bicyclic) bond motifs is 1. The van der Waals surface area contributed by atoms with Gasteiger partial charge in [-0.05, 0) is 47.0 Å². The van der Waals surface area contributed by atoms with Crippen molar-refractivity contribution >= 4 is 31.6 Å². The average Bonchev–Trinajstić information content (AvgIpc) is 2.73. The molecule has 3 rings (SSSR count). The van der Waals surface area contributed by atoms with Crippen molar-refractivity contribution in [2.24, 2.45) is 0 Å². The number of nitrogens with zero attached hydrogens (tertiary/aromatic N) is 1. The quantitative estimate of drug-likeness (QED) is 0.784. The van der Waals surface area contributed by atoms with Crippen LogP contribution >= 0.6 is 15.9 Å². The molecule has 22 heavy (non-hydrogen) atoms. The molecule has 116 valence electrons. The molecule has 0 saturated carbocycles. The van der Waals surface area contributed by atoms with E-state index < -0.39 is 26.6 Å². The Hall–Kier alpha value is -1.47. The largest absolute Gasteiger partial charge is 0.268 e. The van der Waals surface area contributed by atoms with Crippen molar-refractivity contribution in [2.75, 3.05) is 4.31 Å². The zero-order chi connectivity index (χ0) is 16.1. The summed E-state index contributed by atoms with van der Waals surface area (Å²) in [6, 6.07) is 8.28. The Morgan fingerprint density at radius 3 is 2.59 bits per heavy atom. The molecule has 0 aromatic heterocycles. The molecular formula is C15H12BrF2NO2S. The Labute approximate surface area is 135 Å². The van der Waals surface area contributed by atoms with Gasteiger partial charge in [0, 0.05) is 16.6 Å². The molecule has 3 nitrogen and oxygen atoms in total. The van der Waals surface area contributed by atoms with Gasteiger partial charge < -0.3 is 0 Å². The molecule has 1 atom stereocenters. The fraction of sp³-hybridized carbons (Fsp3) is 0.200. The van der Waals surface area contributed by atoms with Crippen LogP contribution in [0.4, 0.5) is 14.5 Å². The summed E-state index contributed by atoms with van der Waals surface area (Å²) in [6.07, 6.45) is 0.551. The number of rotatable bonds is 2. The topological polar surface area (TPSA) is 37.4 Å². The lowest BCUT2D eigenvalue weighted by Gasteiger charge is -2.25. The number of anilines is 1. The molecule has 1 aliphatic heterocycles. The number of benzene rings is 2. The maximum Gasteiger partial charge on any atom is 0.268 e. The van der Waals surface area contributed by atoms with Gasteiger partial charge in [0.1, 0.15) is 16.5 Å². The summed E-state index contributed by atoms with van der Waals surface area (Å²) in [6.45, 7) is 1.76. The highest BCUT2D eigenvalue weighted by Crippen LogP contribution is 2.39. The summed E-state index contributed by atoms with van der Waals surface area (Å²) >= 11 is 2.95. The molecule has 1 aliphatic rings. The zero-order valence-corrected chi connectivity index (χ0v) is 14.0. The summed E-state index contributed by atoms with van der Waals surface area (Å²) < 4.78 is 54.2. The van der Waals surface area contributed by atoms with Crippen molar-refractivity contribution in [3.8, 4) is 0 Å². The Bertz CT molecular complexity index is 831. The van der Waals surface area contributed by atoms with Crippen molar-refractivity contribution < 1.29 is 17.2 Å². The van der Waals surface area contributed by atoms with Crippen LogP contribution in [-0.4, -0.2) is 14.5 Å². The molecule has 0 radical (unpaired) electrons. The minimum Gasteiger partial charge on any atom is -0.263 e. The summed E-state index contributed by atoms with van der Waals surface area (Å²) in [7, 11) is -4.13. The monoisotopic (exact) mass is 387 g/mol. The smallest absolute Gasteiger partial charge is 0.263 e. The van der Waals surface area contributed by atoms with Gasteiger partial charge in [-0.2, -0.15) is 0 Å². The Morgan fingerprint density at radius 2 is 1.91 bits per heavy atom. The normalized spacial score (nSPS) is 17.6. The molecular weight excluding hydrogens is 376 g/mol. The molecule has 0 saturated heterocycles. The Balaban J connectivity index is 2.20. The highest BCUT2D eigenvalue weighted by Gasteiger charge is 2.38. The second-order valence-corrected chi connectivity index (χ2v) is 7.79. The minimum atomic E-state index is -4.13. The molecule has 0 unspecified atom stereocenters. The van der Waals surface area contributed by atoms with E-state index in [0.29, 0.717) is 18.2 Å². The van der Waals surface area contributed by atoms with Gasteiger partial charge in [-0.1, -0.05) is 18.2 Å². The number of hydrogen-bond acceptors (Lipinski definition) is 2. The first-order valence-electron chi connectivity index (χ1n) is 6.59. The van der Waals surface area contributed by atoms with E-state index in [9.17, 15) is 17.2 Å². The lowest BCUT2D eigenvalue weighted by atomic mass is 10.1.